The predicted octanol–water partition coefficient (Wildman–Crippen LogP) is 4.68. The van der Waals surface area contributed by atoms with Crippen molar-refractivity contribution in [3.8, 4) is 0 Å². The SMILES string of the molecule is C=CCn1c(=NC(=O)c2ccc(S(=O)(=O)N3CCCc4ccccc43)cc2)sc2cc([N+](=O)[O-])ccc21. The minimum atomic E-state index is -3.80. The summed E-state index contributed by atoms with van der Waals surface area (Å²) in [4.78, 5) is 28.3. The number of fused-ring (bicyclic) bond motifs is 2. The maximum absolute atomic E-state index is 13.4. The lowest BCUT2D eigenvalue weighted by atomic mass is 10.0. The van der Waals surface area contributed by atoms with Gasteiger partial charge in [0.15, 0.2) is 4.80 Å². The minimum Gasteiger partial charge on any atom is -0.312 e. The van der Waals surface area contributed by atoms with Crippen LogP contribution in [0, 0.1) is 10.1 Å². The molecule has 2 heterocycles. The van der Waals surface area contributed by atoms with Crippen molar-refractivity contribution >= 4 is 48.9 Å². The van der Waals surface area contributed by atoms with E-state index in [4.69, 9.17) is 0 Å². The monoisotopic (exact) mass is 534 g/mol. The Morgan fingerprint density at radius 2 is 1.89 bits per heavy atom. The smallest absolute Gasteiger partial charge is 0.279 e. The maximum atomic E-state index is 13.4. The molecule has 1 amide bonds. The molecule has 3 aromatic carbocycles. The lowest BCUT2D eigenvalue weighted by molar-refractivity contribution is -0.384. The molecule has 0 saturated carbocycles. The largest absolute Gasteiger partial charge is 0.312 e. The van der Waals surface area contributed by atoms with Gasteiger partial charge in [-0.2, -0.15) is 4.99 Å². The highest BCUT2D eigenvalue weighted by Gasteiger charge is 2.29. The van der Waals surface area contributed by atoms with Gasteiger partial charge in [-0.3, -0.25) is 19.2 Å². The number of allylic oxidation sites excluding steroid dienone is 1. The van der Waals surface area contributed by atoms with E-state index in [0.29, 0.717) is 33.8 Å². The van der Waals surface area contributed by atoms with Crippen molar-refractivity contribution < 1.29 is 18.1 Å². The van der Waals surface area contributed by atoms with E-state index in [-0.39, 0.29) is 16.1 Å². The zero-order valence-corrected chi connectivity index (χ0v) is 21.2. The molecule has 37 heavy (non-hydrogen) atoms. The summed E-state index contributed by atoms with van der Waals surface area (Å²) < 4.78 is 30.5. The fourth-order valence-electron chi connectivity index (χ4n) is 4.36. The molecular weight excluding hydrogens is 512 g/mol. The molecule has 1 aliphatic heterocycles. The Bertz CT molecular complexity index is 1720. The Balaban J connectivity index is 1.47. The molecule has 0 unspecified atom stereocenters. The third-order valence-corrected chi connectivity index (χ3v) is 9.01. The van der Waals surface area contributed by atoms with E-state index in [9.17, 15) is 23.3 Å². The van der Waals surface area contributed by atoms with Crippen molar-refractivity contribution in [2.24, 2.45) is 4.99 Å². The van der Waals surface area contributed by atoms with Gasteiger partial charge >= 0.3 is 0 Å². The number of aryl methyl sites for hydroxylation is 1. The lowest BCUT2D eigenvalue weighted by Crippen LogP contribution is -2.35. The number of thiazole rings is 1. The standard InChI is InChI=1S/C26H22N4O5S2/c1-2-15-28-23-14-11-20(30(32)33)17-24(23)36-26(28)27-25(31)19-9-12-21(13-10-19)37(34,35)29-16-5-7-18-6-3-4-8-22(18)29/h2-4,6,8-14,17H,1,5,7,15-16H2. The van der Waals surface area contributed by atoms with E-state index >= 15 is 0 Å². The van der Waals surface area contributed by atoms with Crippen molar-refractivity contribution in [1.82, 2.24) is 4.57 Å². The highest BCUT2D eigenvalue weighted by Crippen LogP contribution is 2.32. The number of anilines is 1. The van der Waals surface area contributed by atoms with Crippen LogP contribution in [0.5, 0.6) is 0 Å². The molecule has 0 saturated heterocycles. The molecule has 4 aromatic rings. The maximum Gasteiger partial charge on any atom is 0.279 e. The van der Waals surface area contributed by atoms with E-state index in [1.807, 2.05) is 18.2 Å². The molecule has 5 rings (SSSR count). The number of amides is 1. The zero-order valence-electron chi connectivity index (χ0n) is 19.6. The summed E-state index contributed by atoms with van der Waals surface area (Å²) in [5.41, 5.74) is 2.55. The third-order valence-electron chi connectivity index (χ3n) is 6.14. The number of rotatable bonds is 6. The first-order chi connectivity index (χ1) is 17.8. The van der Waals surface area contributed by atoms with E-state index < -0.39 is 20.9 Å². The van der Waals surface area contributed by atoms with Crippen LogP contribution in [0.3, 0.4) is 0 Å². The average Bonchev–Trinajstić information content (AvgIpc) is 3.24. The van der Waals surface area contributed by atoms with Gasteiger partial charge in [0.1, 0.15) is 0 Å². The second kappa shape index (κ2) is 9.75. The number of benzene rings is 3. The lowest BCUT2D eigenvalue weighted by Gasteiger charge is -2.30. The minimum absolute atomic E-state index is 0.0505. The number of sulfonamides is 1. The topological polar surface area (TPSA) is 115 Å². The fourth-order valence-corrected chi connectivity index (χ4v) is 6.98. The first kappa shape index (κ1) is 24.6. The van der Waals surface area contributed by atoms with Gasteiger partial charge in [0.2, 0.25) is 0 Å². The van der Waals surface area contributed by atoms with Crippen molar-refractivity contribution in [1.29, 1.82) is 0 Å². The fraction of sp³-hybridized carbons (Fsp3) is 0.154. The van der Waals surface area contributed by atoms with Gasteiger partial charge in [-0.1, -0.05) is 35.6 Å². The number of hydrogen-bond acceptors (Lipinski definition) is 6. The van der Waals surface area contributed by atoms with Crippen molar-refractivity contribution in [2.75, 3.05) is 10.8 Å². The number of para-hydroxylation sites is 1. The van der Waals surface area contributed by atoms with Crippen LogP contribution < -0.4 is 9.11 Å². The molecule has 0 bridgehead atoms. The molecule has 11 heteroatoms. The number of aromatic nitrogens is 1. The van der Waals surface area contributed by atoms with Gasteiger partial charge in [0.05, 0.1) is 25.7 Å². The Labute approximate surface area is 216 Å². The first-order valence-electron chi connectivity index (χ1n) is 11.5. The number of non-ortho nitro benzene ring substituents is 1. The second-order valence-corrected chi connectivity index (χ2v) is 11.3. The average molecular weight is 535 g/mol. The molecule has 0 fully saturated rings. The molecule has 0 atom stereocenters. The van der Waals surface area contributed by atoms with E-state index in [1.54, 1.807) is 22.8 Å². The summed E-state index contributed by atoms with van der Waals surface area (Å²) in [7, 11) is -3.80. The second-order valence-electron chi connectivity index (χ2n) is 8.44. The van der Waals surface area contributed by atoms with Crippen LogP contribution in [-0.2, 0) is 23.0 Å². The highest BCUT2D eigenvalue weighted by molar-refractivity contribution is 7.92. The third kappa shape index (κ3) is 4.58. The molecule has 0 radical (unpaired) electrons. The Kier molecular flexibility index (Phi) is 6.48. The first-order valence-corrected chi connectivity index (χ1v) is 13.7. The van der Waals surface area contributed by atoms with Gasteiger partial charge in [-0.05, 0) is 54.8 Å². The van der Waals surface area contributed by atoms with E-state index in [1.165, 1.54) is 40.7 Å². The van der Waals surface area contributed by atoms with Crippen LogP contribution in [0.2, 0.25) is 0 Å². The van der Waals surface area contributed by atoms with E-state index in [0.717, 1.165) is 29.7 Å². The van der Waals surface area contributed by atoms with Crippen LogP contribution in [0.4, 0.5) is 11.4 Å². The predicted molar refractivity (Wildman–Crippen MR) is 142 cm³/mol. The van der Waals surface area contributed by atoms with E-state index in [2.05, 4.69) is 11.6 Å². The summed E-state index contributed by atoms with van der Waals surface area (Å²) in [6, 6.07) is 17.7. The zero-order chi connectivity index (χ0) is 26.2. The van der Waals surface area contributed by atoms with Crippen LogP contribution in [0.1, 0.15) is 22.3 Å². The number of hydrogen-bond donors (Lipinski definition) is 0. The van der Waals surface area contributed by atoms with Crippen molar-refractivity contribution in [3.05, 3.63) is 105 Å². The Morgan fingerprint density at radius 1 is 1.14 bits per heavy atom. The summed E-state index contributed by atoms with van der Waals surface area (Å²) in [6.07, 6.45) is 3.21. The Hall–Kier alpha value is -4.09. The molecule has 0 spiro atoms. The van der Waals surface area contributed by atoms with Crippen LogP contribution >= 0.6 is 11.3 Å². The summed E-state index contributed by atoms with van der Waals surface area (Å²) in [5, 5.41) is 11.1. The van der Waals surface area contributed by atoms with Crippen LogP contribution in [-0.4, -0.2) is 30.4 Å². The van der Waals surface area contributed by atoms with Crippen molar-refractivity contribution in [2.45, 2.75) is 24.3 Å². The number of nitrogens with zero attached hydrogens (tertiary/aromatic N) is 4. The number of carbonyl (C=O) groups excluding carboxylic acids is 1. The summed E-state index contributed by atoms with van der Waals surface area (Å²) >= 11 is 1.16. The molecule has 188 valence electrons. The highest BCUT2D eigenvalue weighted by atomic mass is 32.2. The Morgan fingerprint density at radius 3 is 2.62 bits per heavy atom. The molecule has 0 N–H and O–H groups in total. The molecular formula is C26H22N4O5S2. The quantitative estimate of drug-likeness (QED) is 0.202. The molecule has 1 aromatic heterocycles. The molecule has 1 aliphatic rings. The van der Waals surface area contributed by atoms with Crippen molar-refractivity contribution in [3.63, 3.8) is 0 Å². The number of nitro groups is 1. The molecule has 0 aliphatic carbocycles. The van der Waals surface area contributed by atoms with Gasteiger partial charge in [-0.15, -0.1) is 6.58 Å². The van der Waals surface area contributed by atoms with Gasteiger partial charge < -0.3 is 4.57 Å². The summed E-state index contributed by atoms with van der Waals surface area (Å²) in [6.45, 7) is 4.49. The van der Waals surface area contributed by atoms with Gasteiger partial charge in [0, 0.05) is 30.8 Å². The van der Waals surface area contributed by atoms with Gasteiger partial charge in [-0.25, -0.2) is 8.42 Å². The number of nitro benzene ring substituents is 1. The normalized spacial score (nSPS) is 13.9. The van der Waals surface area contributed by atoms with Crippen LogP contribution in [0.15, 0.2) is 89.3 Å². The van der Waals surface area contributed by atoms with Crippen LogP contribution in [0.25, 0.3) is 10.2 Å². The van der Waals surface area contributed by atoms with Gasteiger partial charge in [0.25, 0.3) is 21.6 Å². The summed E-state index contributed by atoms with van der Waals surface area (Å²) in [5.74, 6) is -0.550. The number of carbonyl (C=O) groups is 1. The molecule has 9 nitrogen and oxygen atoms in total.